The van der Waals surface area contributed by atoms with Crippen LogP contribution in [0.15, 0.2) is 24.8 Å². The zero-order chi connectivity index (χ0) is 14.8. The Hall–Kier alpha value is -3.04. The number of aryl methyl sites for hydroxylation is 2. The number of hydrogen-bond donors (Lipinski definition) is 1. The number of carbonyl (C=O) groups is 1. The van der Waals surface area contributed by atoms with Crippen molar-refractivity contribution >= 4 is 11.7 Å². The van der Waals surface area contributed by atoms with Crippen molar-refractivity contribution in [1.29, 1.82) is 0 Å². The zero-order valence-electron chi connectivity index (χ0n) is 11.5. The molecule has 0 aliphatic heterocycles. The third-order valence-corrected chi connectivity index (χ3v) is 2.75. The van der Waals surface area contributed by atoms with E-state index in [2.05, 4.69) is 30.7 Å². The SMILES string of the molecule is Cn1ncc(NC(=O)Cn2ccc(-c3ncnn3C)n2)n1. The lowest BCUT2D eigenvalue weighted by molar-refractivity contribution is -0.116. The first-order valence-electron chi connectivity index (χ1n) is 6.16. The summed E-state index contributed by atoms with van der Waals surface area (Å²) in [6.45, 7) is 0.0778. The lowest BCUT2D eigenvalue weighted by Gasteiger charge is -2.01. The number of amides is 1. The molecule has 0 aliphatic carbocycles. The molecule has 10 heteroatoms. The highest BCUT2D eigenvalue weighted by molar-refractivity contribution is 5.89. The minimum Gasteiger partial charge on any atom is -0.306 e. The second-order valence-corrected chi connectivity index (χ2v) is 4.37. The van der Waals surface area contributed by atoms with Gasteiger partial charge in [0.25, 0.3) is 0 Å². The summed E-state index contributed by atoms with van der Waals surface area (Å²) < 4.78 is 3.14. The number of carbonyl (C=O) groups excluding carboxylic acids is 1. The van der Waals surface area contributed by atoms with Gasteiger partial charge in [0.15, 0.2) is 11.6 Å². The van der Waals surface area contributed by atoms with E-state index in [1.807, 2.05) is 0 Å². The van der Waals surface area contributed by atoms with Gasteiger partial charge in [-0.25, -0.2) is 9.67 Å². The van der Waals surface area contributed by atoms with E-state index < -0.39 is 0 Å². The molecule has 3 rings (SSSR count). The molecule has 3 aromatic rings. The largest absolute Gasteiger partial charge is 0.306 e. The van der Waals surface area contributed by atoms with Crippen LogP contribution in [0.2, 0.25) is 0 Å². The Morgan fingerprint density at radius 2 is 2.14 bits per heavy atom. The average Bonchev–Trinajstić information content (AvgIpc) is 3.12. The van der Waals surface area contributed by atoms with Crippen LogP contribution >= 0.6 is 0 Å². The molecule has 3 aromatic heterocycles. The van der Waals surface area contributed by atoms with Crippen molar-refractivity contribution in [2.45, 2.75) is 6.54 Å². The Morgan fingerprint density at radius 1 is 1.29 bits per heavy atom. The molecule has 0 fully saturated rings. The van der Waals surface area contributed by atoms with E-state index in [1.165, 1.54) is 22.0 Å². The van der Waals surface area contributed by atoms with Gasteiger partial charge < -0.3 is 5.32 Å². The first kappa shape index (κ1) is 13.0. The molecule has 3 heterocycles. The van der Waals surface area contributed by atoms with Gasteiger partial charge in [-0.05, 0) is 6.07 Å². The third kappa shape index (κ3) is 2.78. The molecule has 1 N–H and O–H groups in total. The van der Waals surface area contributed by atoms with Crippen LogP contribution < -0.4 is 5.32 Å². The highest BCUT2D eigenvalue weighted by Gasteiger charge is 2.11. The molecule has 0 radical (unpaired) electrons. The van der Waals surface area contributed by atoms with Crippen LogP contribution in [0, 0.1) is 0 Å². The number of aromatic nitrogens is 8. The first-order valence-corrected chi connectivity index (χ1v) is 6.16. The molecule has 0 aromatic carbocycles. The van der Waals surface area contributed by atoms with Crippen LogP contribution in [-0.2, 0) is 25.4 Å². The van der Waals surface area contributed by atoms with E-state index in [-0.39, 0.29) is 12.5 Å². The number of nitrogens with zero attached hydrogens (tertiary/aromatic N) is 8. The average molecular weight is 287 g/mol. The second kappa shape index (κ2) is 5.15. The topological polar surface area (TPSA) is 108 Å². The predicted octanol–water partition coefficient (Wildman–Crippen LogP) is -0.554. The van der Waals surface area contributed by atoms with Gasteiger partial charge in [-0.3, -0.25) is 9.48 Å². The van der Waals surface area contributed by atoms with Gasteiger partial charge in [0, 0.05) is 20.3 Å². The van der Waals surface area contributed by atoms with Crippen LogP contribution in [0.25, 0.3) is 11.5 Å². The fourth-order valence-electron chi connectivity index (χ4n) is 1.83. The van der Waals surface area contributed by atoms with Crippen molar-refractivity contribution in [2.75, 3.05) is 5.32 Å². The lowest BCUT2D eigenvalue weighted by atomic mass is 10.4. The predicted molar refractivity (Wildman–Crippen MR) is 71.9 cm³/mol. The Morgan fingerprint density at radius 3 is 2.81 bits per heavy atom. The third-order valence-electron chi connectivity index (χ3n) is 2.75. The maximum absolute atomic E-state index is 11.9. The Balaban J connectivity index is 1.67. The van der Waals surface area contributed by atoms with Crippen molar-refractivity contribution in [1.82, 2.24) is 39.5 Å². The first-order chi connectivity index (χ1) is 10.1. The summed E-state index contributed by atoms with van der Waals surface area (Å²) in [5.74, 6) is 0.814. The van der Waals surface area contributed by atoms with E-state index in [4.69, 9.17) is 0 Å². The fourth-order valence-corrected chi connectivity index (χ4v) is 1.83. The van der Waals surface area contributed by atoms with Crippen molar-refractivity contribution < 1.29 is 4.79 Å². The van der Waals surface area contributed by atoms with E-state index in [0.29, 0.717) is 17.3 Å². The van der Waals surface area contributed by atoms with Gasteiger partial charge in [-0.15, -0.1) is 5.10 Å². The van der Waals surface area contributed by atoms with Crippen LogP contribution in [0.3, 0.4) is 0 Å². The molecule has 0 saturated heterocycles. The fraction of sp³-hybridized carbons (Fsp3) is 0.273. The van der Waals surface area contributed by atoms with Crippen molar-refractivity contribution in [3.8, 4) is 11.5 Å². The van der Waals surface area contributed by atoms with Crippen molar-refractivity contribution in [3.05, 3.63) is 24.8 Å². The van der Waals surface area contributed by atoms with Crippen LogP contribution in [0.5, 0.6) is 0 Å². The molecular weight excluding hydrogens is 274 g/mol. The molecule has 0 atom stereocenters. The number of rotatable bonds is 4. The number of hydrogen-bond acceptors (Lipinski definition) is 6. The normalized spacial score (nSPS) is 10.8. The van der Waals surface area contributed by atoms with E-state index in [9.17, 15) is 4.79 Å². The molecule has 21 heavy (non-hydrogen) atoms. The number of nitrogens with one attached hydrogen (secondary N) is 1. The van der Waals surface area contributed by atoms with Gasteiger partial charge >= 0.3 is 0 Å². The van der Waals surface area contributed by atoms with Crippen molar-refractivity contribution in [2.24, 2.45) is 14.1 Å². The van der Waals surface area contributed by atoms with Gasteiger partial charge in [0.05, 0.1) is 6.20 Å². The van der Waals surface area contributed by atoms with Gasteiger partial charge in [-0.1, -0.05) is 0 Å². The van der Waals surface area contributed by atoms with Crippen molar-refractivity contribution in [3.63, 3.8) is 0 Å². The summed E-state index contributed by atoms with van der Waals surface area (Å²) in [6, 6.07) is 1.78. The monoisotopic (exact) mass is 287 g/mol. The summed E-state index contributed by atoms with van der Waals surface area (Å²) in [5.41, 5.74) is 0.655. The van der Waals surface area contributed by atoms with Crippen LogP contribution in [0.1, 0.15) is 0 Å². The van der Waals surface area contributed by atoms with E-state index in [0.717, 1.165) is 0 Å². The Labute approximate surface area is 119 Å². The molecule has 0 bridgehead atoms. The van der Waals surface area contributed by atoms with E-state index in [1.54, 1.807) is 31.0 Å². The number of anilines is 1. The molecule has 0 saturated carbocycles. The van der Waals surface area contributed by atoms with Crippen LogP contribution in [-0.4, -0.2) is 45.4 Å². The lowest BCUT2D eigenvalue weighted by Crippen LogP contribution is -2.19. The summed E-state index contributed by atoms with van der Waals surface area (Å²) in [7, 11) is 3.46. The smallest absolute Gasteiger partial charge is 0.247 e. The second-order valence-electron chi connectivity index (χ2n) is 4.37. The molecule has 108 valence electrons. The quantitative estimate of drug-likeness (QED) is 0.689. The molecule has 0 spiro atoms. The highest BCUT2D eigenvalue weighted by Crippen LogP contribution is 2.11. The summed E-state index contributed by atoms with van der Waals surface area (Å²) in [5, 5.41) is 18.8. The Kier molecular flexibility index (Phi) is 3.18. The molecular formula is C11H13N9O. The van der Waals surface area contributed by atoms with Gasteiger partial charge in [0.1, 0.15) is 18.6 Å². The minimum atomic E-state index is -0.233. The molecule has 10 nitrogen and oxygen atoms in total. The van der Waals surface area contributed by atoms with Crippen LogP contribution in [0.4, 0.5) is 5.82 Å². The molecule has 1 amide bonds. The highest BCUT2D eigenvalue weighted by atomic mass is 16.2. The minimum absolute atomic E-state index is 0.0778. The molecule has 0 unspecified atom stereocenters. The summed E-state index contributed by atoms with van der Waals surface area (Å²) in [6.07, 6.45) is 4.64. The van der Waals surface area contributed by atoms with E-state index >= 15 is 0 Å². The van der Waals surface area contributed by atoms with Gasteiger partial charge in [-0.2, -0.15) is 20.1 Å². The zero-order valence-corrected chi connectivity index (χ0v) is 11.5. The maximum atomic E-state index is 11.9. The van der Waals surface area contributed by atoms with Gasteiger partial charge in [0.2, 0.25) is 5.91 Å². The standard InChI is InChI=1S/C11H13N9O/c1-18-11(12-7-14-18)8-3-4-20(16-8)6-10(21)15-9-5-13-19(2)17-9/h3-5,7H,6H2,1-2H3,(H,15,17,21). The Bertz CT molecular complexity index is 768. The molecule has 0 aliphatic rings. The maximum Gasteiger partial charge on any atom is 0.247 e. The summed E-state index contributed by atoms with van der Waals surface area (Å²) in [4.78, 5) is 17.3. The summed E-state index contributed by atoms with van der Waals surface area (Å²) >= 11 is 0.